The molecule has 1 amide bonds. The first-order valence-electron chi connectivity index (χ1n) is 7.78. The molecule has 1 aromatic heterocycles. The van der Waals surface area contributed by atoms with E-state index in [9.17, 15) is 4.79 Å². The number of nitrogen functional groups attached to an aromatic ring is 1. The van der Waals surface area contributed by atoms with E-state index < -0.39 is 0 Å². The summed E-state index contributed by atoms with van der Waals surface area (Å²) in [5, 5.41) is 1.10. The summed E-state index contributed by atoms with van der Waals surface area (Å²) in [5.41, 5.74) is 15.9. The van der Waals surface area contributed by atoms with Crippen molar-refractivity contribution >= 4 is 22.5 Å². The molecule has 2 aromatic carbocycles. The lowest BCUT2D eigenvalue weighted by Crippen LogP contribution is -2.13. The van der Waals surface area contributed by atoms with Crippen LogP contribution < -0.4 is 11.5 Å². The summed E-state index contributed by atoms with van der Waals surface area (Å²) < 4.78 is 0. The van der Waals surface area contributed by atoms with Crippen LogP contribution in [0.25, 0.3) is 10.9 Å². The van der Waals surface area contributed by atoms with Gasteiger partial charge in [0.1, 0.15) is 0 Å². The smallest absolute Gasteiger partial charge is 0.248 e. The van der Waals surface area contributed by atoms with Crippen molar-refractivity contribution in [2.75, 3.05) is 5.73 Å². The van der Waals surface area contributed by atoms with Gasteiger partial charge in [0, 0.05) is 22.7 Å². The van der Waals surface area contributed by atoms with E-state index in [2.05, 4.69) is 11.1 Å². The summed E-state index contributed by atoms with van der Waals surface area (Å²) in [5.74, 6) is 0.282. The molecule has 1 aliphatic carbocycles. The van der Waals surface area contributed by atoms with Crippen molar-refractivity contribution in [2.24, 2.45) is 5.73 Å². The van der Waals surface area contributed by atoms with E-state index in [1.54, 1.807) is 0 Å². The van der Waals surface area contributed by atoms with Gasteiger partial charge in [0.15, 0.2) is 0 Å². The number of nitrogens with one attached hydrogen (secondary N) is 1. The zero-order valence-corrected chi connectivity index (χ0v) is 13.2. The molecule has 4 heteroatoms. The van der Waals surface area contributed by atoms with Crippen LogP contribution in [-0.2, 0) is 0 Å². The predicted molar refractivity (Wildman–Crippen MR) is 94.4 cm³/mol. The number of hydrogen-bond donors (Lipinski definition) is 3. The average molecular weight is 307 g/mol. The molecule has 0 unspecified atom stereocenters. The van der Waals surface area contributed by atoms with Gasteiger partial charge in [0.25, 0.3) is 0 Å². The molecule has 4 rings (SSSR count). The van der Waals surface area contributed by atoms with Crippen LogP contribution in [-0.4, -0.2) is 10.9 Å². The number of aryl methyl sites for hydroxylation is 1. The van der Waals surface area contributed by atoms with Gasteiger partial charge in [0.2, 0.25) is 5.91 Å². The molecule has 1 aliphatic rings. The van der Waals surface area contributed by atoms with Crippen molar-refractivity contribution in [1.29, 1.82) is 0 Å². The number of anilines is 1. The number of nitrogens with two attached hydrogens (primary N) is 2. The number of fused-ring (bicyclic) bond motifs is 1. The molecule has 0 aliphatic heterocycles. The second-order valence-corrected chi connectivity index (χ2v) is 6.02. The highest BCUT2D eigenvalue weighted by Gasteiger charge is 2.27. The minimum atomic E-state index is -0.304. The third-order valence-corrected chi connectivity index (χ3v) is 4.11. The topological polar surface area (TPSA) is 84.9 Å². The number of aromatic nitrogens is 1. The van der Waals surface area contributed by atoms with Gasteiger partial charge >= 0.3 is 0 Å². The lowest BCUT2D eigenvalue weighted by atomic mass is 10.0. The number of rotatable bonds is 2. The largest absolute Gasteiger partial charge is 0.397 e. The Hall–Kier alpha value is -2.75. The number of amides is 1. The van der Waals surface area contributed by atoms with Crippen LogP contribution in [0.4, 0.5) is 5.69 Å². The molecule has 5 N–H and O–H groups in total. The monoisotopic (exact) mass is 307 g/mol. The van der Waals surface area contributed by atoms with E-state index in [0.717, 1.165) is 22.2 Å². The van der Waals surface area contributed by atoms with E-state index >= 15 is 0 Å². The lowest BCUT2D eigenvalue weighted by molar-refractivity contribution is 0.0999. The van der Waals surface area contributed by atoms with Gasteiger partial charge < -0.3 is 16.5 Å². The van der Waals surface area contributed by atoms with E-state index in [-0.39, 0.29) is 5.91 Å². The molecule has 0 spiro atoms. The maximum atomic E-state index is 11.1. The molecular formula is C19H21N3O. The van der Waals surface area contributed by atoms with Gasteiger partial charge in [-0.05, 0) is 43.4 Å². The number of H-pyrrole nitrogens is 1. The van der Waals surface area contributed by atoms with Crippen LogP contribution in [0.2, 0.25) is 0 Å². The summed E-state index contributed by atoms with van der Waals surface area (Å²) in [6, 6.07) is 13.8. The van der Waals surface area contributed by atoms with Crippen LogP contribution in [0.15, 0.2) is 48.7 Å². The summed E-state index contributed by atoms with van der Waals surface area (Å²) in [7, 11) is 0. The van der Waals surface area contributed by atoms with Gasteiger partial charge in [-0.15, -0.1) is 0 Å². The Morgan fingerprint density at radius 2 is 1.91 bits per heavy atom. The van der Waals surface area contributed by atoms with Crippen LogP contribution in [0.5, 0.6) is 0 Å². The first-order valence-corrected chi connectivity index (χ1v) is 7.78. The van der Waals surface area contributed by atoms with Crippen LogP contribution in [0.1, 0.15) is 40.2 Å². The van der Waals surface area contributed by atoms with Crippen molar-refractivity contribution < 1.29 is 4.79 Å². The molecule has 4 nitrogen and oxygen atoms in total. The Morgan fingerprint density at radius 1 is 1.17 bits per heavy atom. The minimum absolute atomic E-state index is 0.304. The van der Waals surface area contributed by atoms with Crippen molar-refractivity contribution in [1.82, 2.24) is 4.98 Å². The minimum Gasteiger partial charge on any atom is -0.397 e. The molecule has 0 atom stereocenters. The predicted octanol–water partition coefficient (Wildman–Crippen LogP) is 3.72. The van der Waals surface area contributed by atoms with Crippen molar-refractivity contribution in [3.63, 3.8) is 0 Å². The maximum Gasteiger partial charge on any atom is 0.248 e. The first kappa shape index (κ1) is 15.2. The van der Waals surface area contributed by atoms with Gasteiger partial charge in [-0.2, -0.15) is 0 Å². The molecule has 1 heterocycles. The zero-order valence-electron chi connectivity index (χ0n) is 13.2. The third-order valence-electron chi connectivity index (χ3n) is 4.11. The van der Waals surface area contributed by atoms with E-state index in [4.69, 9.17) is 11.5 Å². The Morgan fingerprint density at radius 3 is 2.57 bits per heavy atom. The molecule has 1 saturated carbocycles. The lowest BCUT2D eigenvalue weighted by Gasteiger charge is -2.05. The molecule has 0 bridgehead atoms. The number of hydrogen-bond acceptors (Lipinski definition) is 2. The number of carbonyl (C=O) groups is 1. The van der Waals surface area contributed by atoms with Crippen LogP contribution in [0.3, 0.4) is 0 Å². The summed E-state index contributed by atoms with van der Waals surface area (Å²) in [4.78, 5) is 14.2. The van der Waals surface area contributed by atoms with E-state index in [0.29, 0.717) is 11.5 Å². The highest BCUT2D eigenvalue weighted by Crippen LogP contribution is 2.41. The second kappa shape index (κ2) is 6.16. The fraction of sp³-hybridized carbons (Fsp3) is 0.211. The first-order chi connectivity index (χ1) is 11.1. The molecule has 0 radical (unpaired) electrons. The van der Waals surface area contributed by atoms with Crippen molar-refractivity contribution in [3.05, 3.63) is 65.4 Å². The number of aromatic amines is 1. The number of para-hydroxylation sites is 1. The summed E-state index contributed by atoms with van der Waals surface area (Å²) >= 11 is 0. The second-order valence-electron chi connectivity index (χ2n) is 6.02. The number of primary amides is 1. The van der Waals surface area contributed by atoms with E-state index in [1.807, 2.05) is 49.5 Å². The fourth-order valence-electron chi connectivity index (χ4n) is 2.73. The van der Waals surface area contributed by atoms with Crippen molar-refractivity contribution in [3.8, 4) is 0 Å². The average Bonchev–Trinajstić information content (AvgIpc) is 3.32. The highest BCUT2D eigenvalue weighted by atomic mass is 16.1. The van der Waals surface area contributed by atoms with Gasteiger partial charge in [-0.3, -0.25) is 4.79 Å². The Bertz CT molecular complexity index is 847. The third kappa shape index (κ3) is 3.37. The van der Waals surface area contributed by atoms with Gasteiger partial charge in [-0.25, -0.2) is 0 Å². The molecule has 3 aromatic rings. The Balaban J connectivity index is 0.000000140. The van der Waals surface area contributed by atoms with Crippen molar-refractivity contribution in [2.45, 2.75) is 25.7 Å². The highest BCUT2D eigenvalue weighted by molar-refractivity contribution is 5.94. The van der Waals surface area contributed by atoms with Gasteiger partial charge in [-0.1, -0.05) is 35.9 Å². The van der Waals surface area contributed by atoms with Gasteiger partial charge in [0.05, 0.1) is 5.69 Å². The summed E-state index contributed by atoms with van der Waals surface area (Å²) in [6.45, 7) is 2.04. The normalized spacial score (nSPS) is 13.4. The maximum absolute atomic E-state index is 11.1. The summed E-state index contributed by atoms with van der Waals surface area (Å²) in [6.07, 6.45) is 4.21. The van der Waals surface area contributed by atoms with Crippen LogP contribution >= 0.6 is 0 Å². The van der Waals surface area contributed by atoms with Crippen LogP contribution in [0, 0.1) is 6.92 Å². The quantitative estimate of drug-likeness (QED) is 0.674. The molecule has 0 saturated heterocycles. The Labute approximate surface area is 135 Å². The fourth-order valence-corrected chi connectivity index (χ4v) is 2.73. The number of benzene rings is 2. The molecule has 23 heavy (non-hydrogen) atoms. The Kier molecular flexibility index (Phi) is 4.06. The molecular weight excluding hydrogens is 286 g/mol. The molecule has 1 fully saturated rings. The van der Waals surface area contributed by atoms with E-state index in [1.165, 1.54) is 18.4 Å². The SMILES string of the molecule is Cc1ccc(C(N)=O)c(C2CC2)c1.Nc1c[nH]c2ccccc12. The standard InChI is InChI=1S/C11H13NO.C8H8N2/c1-7-2-5-9(11(12)13)10(6-7)8-3-4-8;9-7-5-10-8-4-2-1-3-6(7)8/h2,5-6,8H,3-4H2,1H3,(H2,12,13);1-5,10H,9H2. The zero-order chi connectivity index (χ0) is 16.4. The molecule has 118 valence electrons. The number of carbonyl (C=O) groups excluding carboxylic acids is 1.